The van der Waals surface area contributed by atoms with Gasteiger partial charge in [0.1, 0.15) is 17.0 Å². The molecule has 0 saturated carbocycles. The Balaban J connectivity index is 2.36. The van der Waals surface area contributed by atoms with Gasteiger partial charge in [0.05, 0.1) is 18.3 Å². The predicted molar refractivity (Wildman–Crippen MR) is 118 cm³/mol. The molecule has 31 heavy (non-hydrogen) atoms. The van der Waals surface area contributed by atoms with Crippen LogP contribution in [0.1, 0.15) is 64.4 Å². The van der Waals surface area contributed by atoms with E-state index in [-0.39, 0.29) is 17.9 Å². The van der Waals surface area contributed by atoms with Gasteiger partial charge in [0, 0.05) is 12.7 Å². The van der Waals surface area contributed by atoms with Gasteiger partial charge in [-0.1, -0.05) is 6.08 Å². The maximum atomic E-state index is 12.2. The summed E-state index contributed by atoms with van der Waals surface area (Å²) in [5.74, 6) is -0.530. The summed E-state index contributed by atoms with van der Waals surface area (Å²) in [4.78, 5) is 28.2. The molecule has 0 unspecified atom stereocenters. The fraction of sp³-hybridized carbons (Fsp3) is 0.571. The Hall–Kier alpha value is -2.59. The molecule has 1 aromatic heterocycles. The largest absolute Gasteiger partial charge is 0.492 e. The molecule has 9 nitrogen and oxygen atoms in total. The summed E-state index contributed by atoms with van der Waals surface area (Å²) in [6.07, 6.45) is 2.68. The minimum Gasteiger partial charge on any atom is -0.465 e. The van der Waals surface area contributed by atoms with E-state index < -0.39 is 36.0 Å². The predicted octanol–water partition coefficient (Wildman–Crippen LogP) is 2.99. The molecule has 3 N–H and O–H groups in total. The number of pyridine rings is 1. The van der Waals surface area contributed by atoms with Crippen molar-refractivity contribution in [1.29, 1.82) is 0 Å². The summed E-state index contributed by atoms with van der Waals surface area (Å²) < 4.78 is 22.3. The molecule has 0 atom stereocenters. The first-order valence-corrected chi connectivity index (χ1v) is 10.0. The summed E-state index contributed by atoms with van der Waals surface area (Å²) in [6.45, 7) is 13.2. The van der Waals surface area contributed by atoms with Gasteiger partial charge >= 0.3 is 19.2 Å². The van der Waals surface area contributed by atoms with Crippen molar-refractivity contribution in [2.45, 2.75) is 65.3 Å². The quantitative estimate of drug-likeness (QED) is 0.537. The van der Waals surface area contributed by atoms with Crippen molar-refractivity contribution in [3.05, 3.63) is 28.9 Å². The van der Waals surface area contributed by atoms with Crippen LogP contribution in [0.15, 0.2) is 17.7 Å². The molecule has 170 valence electrons. The first-order valence-electron chi connectivity index (χ1n) is 10.0. The van der Waals surface area contributed by atoms with E-state index in [0.29, 0.717) is 11.0 Å². The van der Waals surface area contributed by atoms with Crippen LogP contribution in [0.3, 0.4) is 0 Å². The number of methoxy groups -OCH3 is 1. The van der Waals surface area contributed by atoms with E-state index in [9.17, 15) is 9.59 Å². The van der Waals surface area contributed by atoms with Crippen molar-refractivity contribution in [2.75, 3.05) is 19.4 Å². The van der Waals surface area contributed by atoms with E-state index >= 15 is 0 Å². The number of rotatable bonds is 5. The van der Waals surface area contributed by atoms with Gasteiger partial charge in [-0.15, -0.1) is 0 Å². The third-order valence-electron chi connectivity index (χ3n) is 5.09. The number of anilines is 1. The van der Waals surface area contributed by atoms with E-state index in [1.807, 2.05) is 27.7 Å². The van der Waals surface area contributed by atoms with Crippen LogP contribution in [0.25, 0.3) is 6.08 Å². The zero-order valence-corrected chi connectivity index (χ0v) is 19.5. The molecule has 2 heterocycles. The number of aromatic nitrogens is 1. The van der Waals surface area contributed by atoms with Gasteiger partial charge in [-0.05, 0) is 65.6 Å². The van der Waals surface area contributed by atoms with Crippen LogP contribution in [0.5, 0.6) is 0 Å². The summed E-state index contributed by atoms with van der Waals surface area (Å²) in [7, 11) is 0.546. The molecule has 1 saturated heterocycles. The van der Waals surface area contributed by atoms with Crippen LogP contribution in [0, 0.1) is 0 Å². The number of ether oxygens (including phenoxy) is 2. The van der Waals surface area contributed by atoms with E-state index in [0.717, 1.165) is 0 Å². The molecule has 1 aliphatic rings. The SMILES string of the molecule is COC(=O)c1cc(C=C(CNC(=O)OC(C)(C)C)B2OC(C)(C)C(C)(C)O2)cnc1N. The Labute approximate surface area is 183 Å². The summed E-state index contributed by atoms with van der Waals surface area (Å²) in [5, 5.41) is 2.72. The highest BCUT2D eigenvalue weighted by Gasteiger charge is 2.52. The number of hydrogen-bond acceptors (Lipinski definition) is 8. The highest BCUT2D eigenvalue weighted by Crippen LogP contribution is 2.38. The van der Waals surface area contributed by atoms with Gasteiger partial charge in [-0.2, -0.15) is 0 Å². The average Bonchev–Trinajstić information content (AvgIpc) is 2.85. The molecular weight excluding hydrogens is 401 g/mol. The Morgan fingerprint density at radius 2 is 1.81 bits per heavy atom. The molecule has 0 aromatic carbocycles. The number of carbonyl (C=O) groups excluding carboxylic acids is 2. The van der Waals surface area contributed by atoms with Gasteiger partial charge in [0.15, 0.2) is 0 Å². The Morgan fingerprint density at radius 1 is 1.23 bits per heavy atom. The first kappa shape index (κ1) is 24.7. The molecular formula is C21H32BN3O6. The van der Waals surface area contributed by atoms with Crippen LogP contribution in [-0.2, 0) is 18.8 Å². The van der Waals surface area contributed by atoms with Gasteiger partial charge < -0.3 is 29.8 Å². The lowest BCUT2D eigenvalue weighted by atomic mass is 9.77. The molecule has 1 amide bonds. The third kappa shape index (κ3) is 6.21. The number of carbonyl (C=O) groups is 2. The summed E-state index contributed by atoms with van der Waals surface area (Å²) in [5.41, 5.74) is 5.36. The zero-order chi connectivity index (χ0) is 23.6. The molecule has 1 fully saturated rings. The van der Waals surface area contributed by atoms with E-state index in [2.05, 4.69) is 10.3 Å². The fourth-order valence-electron chi connectivity index (χ4n) is 2.74. The molecule has 0 aliphatic carbocycles. The maximum Gasteiger partial charge on any atom is 0.492 e. The number of nitrogen functional groups attached to an aromatic ring is 1. The zero-order valence-electron chi connectivity index (χ0n) is 19.5. The minimum absolute atomic E-state index is 0.0630. The minimum atomic E-state index is -0.723. The van der Waals surface area contributed by atoms with Gasteiger partial charge in [0.2, 0.25) is 0 Å². The second-order valence-electron chi connectivity index (χ2n) is 9.36. The molecule has 0 bridgehead atoms. The number of nitrogens with one attached hydrogen (secondary N) is 1. The second-order valence-corrected chi connectivity index (χ2v) is 9.36. The highest BCUT2D eigenvalue weighted by molar-refractivity contribution is 6.56. The van der Waals surface area contributed by atoms with E-state index in [1.54, 1.807) is 32.9 Å². The average molecular weight is 433 g/mol. The number of nitrogens with two attached hydrogens (primary N) is 1. The van der Waals surface area contributed by atoms with Crippen molar-refractivity contribution in [2.24, 2.45) is 0 Å². The van der Waals surface area contributed by atoms with Crippen LogP contribution >= 0.6 is 0 Å². The molecule has 2 rings (SSSR count). The fourth-order valence-corrected chi connectivity index (χ4v) is 2.74. The second kappa shape index (κ2) is 8.88. The number of esters is 1. The topological polar surface area (TPSA) is 122 Å². The number of alkyl carbamates (subject to hydrolysis) is 1. The smallest absolute Gasteiger partial charge is 0.465 e. The van der Waals surface area contributed by atoms with Crippen LogP contribution in [-0.4, -0.2) is 54.6 Å². The van der Waals surface area contributed by atoms with Gasteiger partial charge in [0.25, 0.3) is 0 Å². The number of hydrogen-bond donors (Lipinski definition) is 2. The van der Waals surface area contributed by atoms with Crippen LogP contribution in [0.2, 0.25) is 0 Å². The monoisotopic (exact) mass is 433 g/mol. The molecule has 0 radical (unpaired) electrons. The molecule has 10 heteroatoms. The Morgan fingerprint density at radius 3 is 2.32 bits per heavy atom. The van der Waals surface area contributed by atoms with Gasteiger partial charge in [-0.25, -0.2) is 14.6 Å². The molecule has 1 aliphatic heterocycles. The summed E-state index contributed by atoms with van der Waals surface area (Å²) in [6, 6.07) is 1.56. The van der Waals surface area contributed by atoms with Crippen molar-refractivity contribution < 1.29 is 28.4 Å². The summed E-state index contributed by atoms with van der Waals surface area (Å²) >= 11 is 0. The molecule has 0 spiro atoms. The number of amides is 1. The lowest BCUT2D eigenvalue weighted by molar-refractivity contribution is 0.00578. The van der Waals surface area contributed by atoms with E-state index in [1.165, 1.54) is 13.3 Å². The molecule has 1 aromatic rings. The van der Waals surface area contributed by atoms with Gasteiger partial charge in [-0.3, -0.25) is 0 Å². The van der Waals surface area contributed by atoms with Crippen molar-refractivity contribution >= 4 is 31.1 Å². The van der Waals surface area contributed by atoms with E-state index in [4.69, 9.17) is 24.5 Å². The lowest BCUT2D eigenvalue weighted by Gasteiger charge is -2.32. The lowest BCUT2D eigenvalue weighted by Crippen LogP contribution is -2.41. The Kier molecular flexibility index (Phi) is 7.07. The Bertz CT molecular complexity index is 860. The normalized spacial score (nSPS) is 17.9. The van der Waals surface area contributed by atoms with Crippen molar-refractivity contribution in [1.82, 2.24) is 10.3 Å². The van der Waals surface area contributed by atoms with Crippen molar-refractivity contribution in [3.8, 4) is 0 Å². The first-order chi connectivity index (χ1) is 14.1. The third-order valence-corrected chi connectivity index (χ3v) is 5.09. The van der Waals surface area contributed by atoms with Crippen LogP contribution < -0.4 is 11.1 Å². The highest BCUT2D eigenvalue weighted by atomic mass is 16.7. The standard InChI is InChI=1S/C21H32BN3O6/c1-19(2,3)29-18(27)25-12-14(22-30-20(4,5)21(6,7)31-22)9-13-10-15(17(26)28-8)16(23)24-11-13/h9-11H,12H2,1-8H3,(H2,23,24)(H,25,27). The van der Waals surface area contributed by atoms with Crippen LogP contribution in [0.4, 0.5) is 10.6 Å². The number of nitrogens with zero attached hydrogens (tertiary/aromatic N) is 1. The van der Waals surface area contributed by atoms with Crippen molar-refractivity contribution in [3.63, 3.8) is 0 Å². The maximum absolute atomic E-state index is 12.2.